The molecule has 606 valence electrons. The molecule has 2 fully saturated rings. The second-order valence-electron chi connectivity index (χ2n) is 34.8. The van der Waals surface area contributed by atoms with E-state index in [1.54, 1.807) is 12.1 Å². The van der Waals surface area contributed by atoms with Gasteiger partial charge in [-0.25, -0.2) is 49.0 Å². The zero-order valence-electron chi connectivity index (χ0n) is 70.3. The number of halogens is 7. The average molecular weight is 1620 g/mol. The number of nitrogens with zero attached hydrogens (tertiary/aromatic N) is 4. The maximum atomic E-state index is 15.3. The van der Waals surface area contributed by atoms with E-state index in [4.69, 9.17) is 17.7 Å². The Morgan fingerprint density at radius 2 is 0.669 bits per heavy atom. The number of benzene rings is 10. The molecule has 22 rings (SSSR count). The van der Waals surface area contributed by atoms with Gasteiger partial charge in [-0.15, -0.1) is 0 Å². The van der Waals surface area contributed by atoms with E-state index in [1.165, 1.54) is 119 Å². The number of aryl methyl sites for hydroxylation is 10. The van der Waals surface area contributed by atoms with Gasteiger partial charge in [0, 0.05) is 97.7 Å². The third kappa shape index (κ3) is 13.1. The van der Waals surface area contributed by atoms with Crippen LogP contribution in [0.25, 0.3) is 155 Å². The highest BCUT2D eigenvalue weighted by molar-refractivity contribution is 6.16. The molecule has 4 aliphatic rings. The Morgan fingerprint density at radius 1 is 0.289 bits per heavy atom. The van der Waals surface area contributed by atoms with Crippen molar-refractivity contribution in [1.82, 2.24) is 0 Å². The molecule has 4 aliphatic carbocycles. The van der Waals surface area contributed by atoms with Crippen molar-refractivity contribution in [2.45, 2.75) is 143 Å². The highest BCUT2D eigenvalue weighted by atomic mass is 19.2. The summed E-state index contributed by atoms with van der Waals surface area (Å²) in [7, 11) is 8.19. The third-order valence-electron chi connectivity index (χ3n) is 26.5. The monoisotopic (exact) mass is 1620 g/mol. The molecule has 8 aromatic heterocycles. The summed E-state index contributed by atoms with van der Waals surface area (Å²) in [6.07, 6.45) is 16.6. The highest BCUT2D eigenvalue weighted by Crippen LogP contribution is 2.56. The topological polar surface area (TPSA) is 68.1 Å². The fourth-order valence-corrected chi connectivity index (χ4v) is 20.6. The lowest BCUT2D eigenvalue weighted by Gasteiger charge is -2.15. The highest BCUT2D eigenvalue weighted by Gasteiger charge is 2.42. The second-order valence-corrected chi connectivity index (χ2v) is 34.8. The van der Waals surface area contributed by atoms with Crippen LogP contribution in [-0.4, -0.2) is 0 Å². The largest absolute Gasteiger partial charge is 0.455 e. The van der Waals surface area contributed by atoms with E-state index >= 15 is 17.6 Å². The van der Waals surface area contributed by atoms with Crippen molar-refractivity contribution in [2.24, 2.45) is 28.2 Å². The third-order valence-corrected chi connectivity index (χ3v) is 26.5. The second kappa shape index (κ2) is 30.0. The molecular weight excluding hydrogens is 1530 g/mol. The molecule has 4 bridgehead atoms. The van der Waals surface area contributed by atoms with Crippen molar-refractivity contribution < 1.29 is 66.7 Å². The van der Waals surface area contributed by atoms with E-state index in [9.17, 15) is 13.2 Å². The Labute approximate surface area is 697 Å². The molecule has 4 atom stereocenters. The first-order chi connectivity index (χ1) is 58.2. The molecule has 0 saturated heterocycles. The van der Waals surface area contributed by atoms with Crippen molar-refractivity contribution in [3.63, 3.8) is 0 Å². The van der Waals surface area contributed by atoms with Gasteiger partial charge in [-0.2, -0.15) is 0 Å². The number of aromatic nitrogens is 4. The van der Waals surface area contributed by atoms with Crippen LogP contribution in [0, 0.1) is 82.3 Å². The van der Waals surface area contributed by atoms with Crippen molar-refractivity contribution >= 4 is 87.8 Å². The summed E-state index contributed by atoms with van der Waals surface area (Å²) in [5.41, 5.74) is 28.8. The van der Waals surface area contributed by atoms with E-state index in [1.807, 2.05) is 126 Å². The lowest BCUT2D eigenvalue weighted by molar-refractivity contribution is -0.661. The summed E-state index contributed by atoms with van der Waals surface area (Å²) >= 11 is 0. The molecule has 15 heteroatoms. The first kappa shape index (κ1) is 78.4. The van der Waals surface area contributed by atoms with Crippen molar-refractivity contribution in [3.8, 4) is 67.3 Å². The molecule has 0 radical (unpaired) electrons. The number of pyridine rings is 4. The van der Waals surface area contributed by atoms with Gasteiger partial charge >= 0.3 is 0 Å². The summed E-state index contributed by atoms with van der Waals surface area (Å²) < 4.78 is 136. The number of hydrogen-bond donors (Lipinski definition) is 0. The predicted molar refractivity (Wildman–Crippen MR) is 467 cm³/mol. The van der Waals surface area contributed by atoms with Gasteiger partial charge in [0.1, 0.15) is 108 Å². The molecule has 0 aliphatic heterocycles. The normalized spacial score (nSPS) is 15.8. The molecule has 8 nitrogen and oxygen atoms in total. The Kier molecular flexibility index (Phi) is 19.5. The maximum Gasteiger partial charge on any atom is 0.216 e. The van der Waals surface area contributed by atoms with Gasteiger partial charge in [0.15, 0.2) is 30.4 Å². The molecule has 2 saturated carbocycles. The van der Waals surface area contributed by atoms with Gasteiger partial charge in [-0.3, -0.25) is 0 Å². The van der Waals surface area contributed by atoms with Crippen molar-refractivity contribution in [3.05, 3.63) is 308 Å². The quantitative estimate of drug-likeness (QED) is 0.112. The van der Waals surface area contributed by atoms with Crippen LogP contribution in [0.4, 0.5) is 30.7 Å². The van der Waals surface area contributed by atoms with E-state index in [-0.39, 0.29) is 28.4 Å². The predicted octanol–water partition coefficient (Wildman–Crippen LogP) is 27.4. The zero-order chi connectivity index (χ0) is 84.3. The Hall–Kier alpha value is -12.5. The first-order valence-corrected chi connectivity index (χ1v) is 42.0. The summed E-state index contributed by atoms with van der Waals surface area (Å²) in [5, 5.41) is 4.96. The number of rotatable bonds is 8. The van der Waals surface area contributed by atoms with Gasteiger partial charge in [0.25, 0.3) is 0 Å². The smallest absolute Gasteiger partial charge is 0.216 e. The van der Waals surface area contributed by atoms with E-state index in [0.29, 0.717) is 107 Å². The van der Waals surface area contributed by atoms with Crippen LogP contribution < -0.4 is 18.3 Å². The van der Waals surface area contributed by atoms with Gasteiger partial charge in [0.2, 0.25) is 22.8 Å². The summed E-state index contributed by atoms with van der Waals surface area (Å²) in [4.78, 5) is 0. The van der Waals surface area contributed by atoms with E-state index in [0.717, 1.165) is 90.4 Å². The van der Waals surface area contributed by atoms with Crippen LogP contribution in [-0.2, 0) is 28.2 Å². The lowest BCUT2D eigenvalue weighted by Crippen LogP contribution is -2.32. The Balaban J connectivity index is 0.000000107. The van der Waals surface area contributed by atoms with Crippen LogP contribution in [0.15, 0.2) is 218 Å². The number of hydrogen-bond acceptors (Lipinski definition) is 4. The van der Waals surface area contributed by atoms with Crippen LogP contribution in [0.3, 0.4) is 0 Å². The van der Waals surface area contributed by atoms with Crippen molar-refractivity contribution in [1.29, 1.82) is 0 Å². The van der Waals surface area contributed by atoms with E-state index in [2.05, 4.69) is 142 Å². The van der Waals surface area contributed by atoms with Gasteiger partial charge in [0.05, 0.1) is 49.5 Å². The molecule has 121 heavy (non-hydrogen) atoms. The van der Waals surface area contributed by atoms with Crippen molar-refractivity contribution in [2.75, 3.05) is 0 Å². The Bertz CT molecular complexity index is 7350. The van der Waals surface area contributed by atoms with Gasteiger partial charge in [-0.1, -0.05) is 125 Å². The average Bonchev–Trinajstić information content (AvgIpc) is 1.59. The molecule has 0 amide bonds. The fourth-order valence-electron chi connectivity index (χ4n) is 20.6. The molecule has 4 unspecified atom stereocenters. The molecule has 0 N–H and O–H groups in total. The van der Waals surface area contributed by atoms with Gasteiger partial charge in [-0.05, 0) is 202 Å². The minimum Gasteiger partial charge on any atom is -0.455 e. The summed E-state index contributed by atoms with van der Waals surface area (Å²) in [6.45, 7) is 21.0. The standard InChI is InChI=1S/2C29H26F2NO.C24H20F2NO.C24H21FNO/c1-16(2)21-15-32(5)24(14-17(21)3)25-18(4)13-23(31)27-20-11-12-22(30)26(28(20)33-29(25)27)19-9-7-6-8-10-19;1-16(2)21-15-32(5)24(13-18(21)4)25-17(3)11-12-20-27-23(31)14-22(30)26(29(27)33-28(20)25)19-9-7-6-8-10-19;1-12-3-6-16-23-19(26)8-15(25)9-21(23)28-24(16)22(12)20-10-17-13-4-5-14(7-13)18(17)11-27(20)2;1-13-3-7-18-17-8-6-16(25)10-22(17)27-24(18)23(13)21-11-19-14-4-5-15(9-14)20(19)12-26(21)2/h2*6-16H,1-5H3;3,6,8-11,13-14H,4-5,7H2,1-2H3;3,6-8,10-12,14-15H,4-5,9H2,1-2H3/q4*+1. The molecule has 8 heterocycles. The molecule has 0 spiro atoms. The summed E-state index contributed by atoms with van der Waals surface area (Å²) in [5.74, 6) is 0.119. The molecule has 10 aromatic carbocycles. The van der Waals surface area contributed by atoms with Crippen LogP contribution in [0.1, 0.15) is 168 Å². The fraction of sp³-hybridized carbons (Fsp3) is 0.245. The Morgan fingerprint density at radius 3 is 1.18 bits per heavy atom. The van der Waals surface area contributed by atoms with E-state index < -0.39 is 29.1 Å². The first-order valence-electron chi connectivity index (χ1n) is 42.0. The minimum atomic E-state index is -0.633. The van der Waals surface area contributed by atoms with Crippen LogP contribution in [0.2, 0.25) is 0 Å². The number of fused-ring (bicyclic) bond motifs is 22. The lowest BCUT2D eigenvalue weighted by atomic mass is 9.91. The minimum absolute atomic E-state index is 0.235. The molecular formula is C106H93F7N4O4+4. The molecule has 18 aromatic rings. The number of furan rings is 4. The van der Waals surface area contributed by atoms with Gasteiger partial charge < -0.3 is 17.7 Å². The van der Waals surface area contributed by atoms with Crippen LogP contribution >= 0.6 is 0 Å². The van der Waals surface area contributed by atoms with Crippen LogP contribution in [0.5, 0.6) is 0 Å². The summed E-state index contributed by atoms with van der Waals surface area (Å²) in [6, 6.07) is 51.8. The SMILES string of the molecule is Cc1cc(-c2c(C)cc(F)c3c2oc2c(-c4ccccc4)c(F)ccc23)[n+](C)cc1C(C)C.Cc1cc(-c2c(C)ccc3c2oc2c(-c4ccccc4)c(F)cc(F)c23)[n+](C)cc1C(C)C.Cc1ccc2c(oc3cc(F)cc(F)c32)c1-c1cc2c(c[n+]1C)C1CCC2C1.Cc1ccc2c(oc3cc(F)ccc32)c1-c1cc2c(c[n+]1C)C1CCC2C1. The maximum absolute atomic E-state index is 15.3. The zero-order valence-corrected chi connectivity index (χ0v) is 70.3.